The maximum atomic E-state index is 11.1. The lowest BCUT2D eigenvalue weighted by atomic mass is 10.2. The van der Waals surface area contributed by atoms with Gasteiger partial charge in [0.15, 0.2) is 0 Å². The molecule has 16 heavy (non-hydrogen) atoms. The Balaban J connectivity index is 1.92. The lowest BCUT2D eigenvalue weighted by molar-refractivity contribution is -0.120. The van der Waals surface area contributed by atoms with E-state index in [1.807, 2.05) is 18.3 Å². The van der Waals surface area contributed by atoms with Crippen LogP contribution in [0.3, 0.4) is 0 Å². The Morgan fingerprint density at radius 3 is 3.06 bits per heavy atom. The summed E-state index contributed by atoms with van der Waals surface area (Å²) in [7, 11) is 0. The number of fused-ring (bicyclic) bond motifs is 1. The van der Waals surface area contributed by atoms with Crippen molar-refractivity contribution >= 4 is 17.2 Å². The Kier molecular flexibility index (Phi) is 3.61. The second-order valence-electron chi connectivity index (χ2n) is 4.26. The first-order chi connectivity index (χ1) is 7.70. The quantitative estimate of drug-likeness (QED) is 0.818. The summed E-state index contributed by atoms with van der Waals surface area (Å²) >= 11 is 1.87. The SMILES string of the molecule is CCC(NCc1cc2c(s1)CCC2)C(N)=O. The van der Waals surface area contributed by atoms with E-state index >= 15 is 0 Å². The Morgan fingerprint density at radius 1 is 1.62 bits per heavy atom. The van der Waals surface area contributed by atoms with Crippen LogP contribution in [0.4, 0.5) is 0 Å². The molecule has 0 bridgehead atoms. The third kappa shape index (κ3) is 2.44. The van der Waals surface area contributed by atoms with Crippen molar-refractivity contribution in [1.82, 2.24) is 5.32 Å². The monoisotopic (exact) mass is 238 g/mol. The fraction of sp³-hybridized carbons (Fsp3) is 0.583. The van der Waals surface area contributed by atoms with Gasteiger partial charge in [-0.05, 0) is 37.3 Å². The standard InChI is InChI=1S/C12H18N2OS/c1-2-10(12(13)15)14-7-9-6-8-4-3-5-11(8)16-9/h6,10,14H,2-5,7H2,1H3,(H2,13,15). The van der Waals surface area contributed by atoms with Crippen LogP contribution in [-0.4, -0.2) is 11.9 Å². The van der Waals surface area contributed by atoms with Crippen LogP contribution in [0, 0.1) is 0 Å². The fourth-order valence-corrected chi connectivity index (χ4v) is 3.36. The lowest BCUT2D eigenvalue weighted by Crippen LogP contribution is -2.40. The van der Waals surface area contributed by atoms with Gasteiger partial charge in [-0.2, -0.15) is 0 Å². The van der Waals surface area contributed by atoms with Gasteiger partial charge in [-0.15, -0.1) is 11.3 Å². The van der Waals surface area contributed by atoms with Crippen molar-refractivity contribution in [1.29, 1.82) is 0 Å². The Labute approximate surface area is 100 Å². The minimum absolute atomic E-state index is 0.197. The molecule has 1 aliphatic carbocycles. The van der Waals surface area contributed by atoms with Crippen LogP contribution in [0.15, 0.2) is 6.07 Å². The highest BCUT2D eigenvalue weighted by Gasteiger charge is 2.16. The second kappa shape index (κ2) is 4.97. The summed E-state index contributed by atoms with van der Waals surface area (Å²) in [6.07, 6.45) is 4.50. The minimum atomic E-state index is -0.258. The number of hydrogen-bond donors (Lipinski definition) is 2. The third-order valence-corrected chi connectivity index (χ3v) is 4.31. The van der Waals surface area contributed by atoms with E-state index in [9.17, 15) is 4.79 Å². The van der Waals surface area contributed by atoms with Gasteiger partial charge in [0.1, 0.15) is 0 Å². The molecule has 88 valence electrons. The minimum Gasteiger partial charge on any atom is -0.368 e. The average molecular weight is 238 g/mol. The zero-order valence-corrected chi connectivity index (χ0v) is 10.4. The van der Waals surface area contributed by atoms with Crippen molar-refractivity contribution in [3.05, 3.63) is 21.4 Å². The Hall–Kier alpha value is -0.870. The Morgan fingerprint density at radius 2 is 2.44 bits per heavy atom. The van der Waals surface area contributed by atoms with E-state index in [-0.39, 0.29) is 11.9 Å². The van der Waals surface area contributed by atoms with Gasteiger partial charge >= 0.3 is 0 Å². The number of hydrogen-bond acceptors (Lipinski definition) is 3. The van der Waals surface area contributed by atoms with Gasteiger partial charge in [-0.1, -0.05) is 6.92 Å². The number of aryl methyl sites for hydroxylation is 2. The molecule has 3 N–H and O–H groups in total. The van der Waals surface area contributed by atoms with Crippen molar-refractivity contribution in [2.24, 2.45) is 5.73 Å². The first-order valence-electron chi connectivity index (χ1n) is 5.84. The van der Waals surface area contributed by atoms with Gasteiger partial charge in [0, 0.05) is 16.3 Å². The topological polar surface area (TPSA) is 55.1 Å². The fourth-order valence-electron chi connectivity index (χ4n) is 2.15. The molecule has 3 nitrogen and oxygen atoms in total. The van der Waals surface area contributed by atoms with Crippen molar-refractivity contribution in [2.45, 2.75) is 45.2 Å². The predicted octanol–water partition coefficient (Wildman–Crippen LogP) is 1.59. The summed E-state index contributed by atoms with van der Waals surface area (Å²) in [5.74, 6) is -0.258. The summed E-state index contributed by atoms with van der Waals surface area (Å²) in [5.41, 5.74) is 6.79. The van der Waals surface area contributed by atoms with Crippen molar-refractivity contribution in [2.75, 3.05) is 0 Å². The Bertz CT molecular complexity index is 365. The van der Waals surface area contributed by atoms with Crippen LogP contribution in [0.25, 0.3) is 0 Å². The smallest absolute Gasteiger partial charge is 0.234 e. The summed E-state index contributed by atoms with van der Waals surface area (Å²) < 4.78 is 0. The summed E-state index contributed by atoms with van der Waals surface area (Å²) in [5, 5.41) is 3.21. The van der Waals surface area contributed by atoms with Crippen LogP contribution in [-0.2, 0) is 24.2 Å². The number of carbonyl (C=O) groups is 1. The highest BCUT2D eigenvalue weighted by atomic mass is 32.1. The number of nitrogens with two attached hydrogens (primary N) is 1. The first-order valence-corrected chi connectivity index (χ1v) is 6.65. The highest BCUT2D eigenvalue weighted by Crippen LogP contribution is 2.30. The molecular formula is C12H18N2OS. The van der Waals surface area contributed by atoms with Crippen LogP contribution >= 0.6 is 11.3 Å². The summed E-state index contributed by atoms with van der Waals surface area (Å²) in [6.45, 7) is 2.73. The van der Waals surface area contributed by atoms with Crippen molar-refractivity contribution in [3.8, 4) is 0 Å². The highest BCUT2D eigenvalue weighted by molar-refractivity contribution is 7.12. The first kappa shape index (κ1) is 11.6. The summed E-state index contributed by atoms with van der Waals surface area (Å²) in [4.78, 5) is 13.9. The molecule has 1 unspecified atom stereocenters. The lowest BCUT2D eigenvalue weighted by Gasteiger charge is -2.11. The number of nitrogens with one attached hydrogen (secondary N) is 1. The van der Waals surface area contributed by atoms with Gasteiger partial charge in [-0.25, -0.2) is 0 Å². The summed E-state index contributed by atoms with van der Waals surface area (Å²) in [6, 6.07) is 2.07. The molecule has 4 heteroatoms. The van der Waals surface area contributed by atoms with Gasteiger partial charge in [0.25, 0.3) is 0 Å². The van der Waals surface area contributed by atoms with E-state index in [4.69, 9.17) is 5.73 Å². The molecule has 1 aromatic heterocycles. The van der Waals surface area contributed by atoms with E-state index in [0.29, 0.717) is 0 Å². The maximum absolute atomic E-state index is 11.1. The molecule has 0 saturated heterocycles. The van der Waals surface area contributed by atoms with Gasteiger partial charge in [0.2, 0.25) is 5.91 Å². The molecule has 1 aromatic rings. The molecule has 2 rings (SSSR count). The average Bonchev–Trinajstić information content (AvgIpc) is 2.77. The van der Waals surface area contributed by atoms with Crippen LogP contribution < -0.4 is 11.1 Å². The van der Waals surface area contributed by atoms with E-state index in [0.717, 1.165) is 13.0 Å². The number of rotatable bonds is 5. The molecule has 1 atom stereocenters. The van der Waals surface area contributed by atoms with Crippen molar-refractivity contribution < 1.29 is 4.79 Å². The molecule has 0 fully saturated rings. The molecule has 1 heterocycles. The molecule has 0 saturated carbocycles. The second-order valence-corrected chi connectivity index (χ2v) is 5.48. The number of carbonyl (C=O) groups excluding carboxylic acids is 1. The third-order valence-electron chi connectivity index (χ3n) is 3.07. The number of amides is 1. The normalized spacial score (nSPS) is 16.1. The molecule has 0 aromatic carbocycles. The van der Waals surface area contributed by atoms with Crippen LogP contribution in [0.1, 0.15) is 35.1 Å². The van der Waals surface area contributed by atoms with Crippen LogP contribution in [0.2, 0.25) is 0 Å². The molecule has 0 radical (unpaired) electrons. The van der Waals surface area contributed by atoms with E-state index < -0.39 is 0 Å². The van der Waals surface area contributed by atoms with Crippen LogP contribution in [0.5, 0.6) is 0 Å². The van der Waals surface area contributed by atoms with Gasteiger partial charge in [0.05, 0.1) is 6.04 Å². The number of thiophene rings is 1. The van der Waals surface area contributed by atoms with E-state index in [1.165, 1.54) is 34.6 Å². The zero-order valence-electron chi connectivity index (χ0n) is 9.58. The maximum Gasteiger partial charge on any atom is 0.234 e. The van der Waals surface area contributed by atoms with Gasteiger partial charge in [-0.3, -0.25) is 4.79 Å². The molecule has 1 aliphatic rings. The zero-order chi connectivity index (χ0) is 11.5. The molecule has 1 amide bonds. The molecule has 0 aliphatic heterocycles. The largest absolute Gasteiger partial charge is 0.368 e. The molecular weight excluding hydrogens is 220 g/mol. The predicted molar refractivity (Wildman–Crippen MR) is 66.5 cm³/mol. The van der Waals surface area contributed by atoms with E-state index in [2.05, 4.69) is 11.4 Å². The molecule has 0 spiro atoms. The number of primary amides is 1. The van der Waals surface area contributed by atoms with Gasteiger partial charge < -0.3 is 11.1 Å². The van der Waals surface area contributed by atoms with E-state index in [1.54, 1.807) is 0 Å². The van der Waals surface area contributed by atoms with Crippen molar-refractivity contribution in [3.63, 3.8) is 0 Å².